The van der Waals surface area contributed by atoms with Crippen molar-refractivity contribution in [1.82, 2.24) is 0 Å². The van der Waals surface area contributed by atoms with E-state index in [2.05, 4.69) is 0 Å². The smallest absolute Gasteiger partial charge is 0.303 e. The normalized spacial score (nSPS) is 43.0. The van der Waals surface area contributed by atoms with Crippen LogP contribution in [0.25, 0.3) is 0 Å². The van der Waals surface area contributed by atoms with Gasteiger partial charge in [0, 0.05) is 12.5 Å². The summed E-state index contributed by atoms with van der Waals surface area (Å²) < 4.78 is 5.28. The van der Waals surface area contributed by atoms with E-state index in [-0.39, 0.29) is 0 Å². The summed E-state index contributed by atoms with van der Waals surface area (Å²) in [5.41, 5.74) is 0. The first-order chi connectivity index (χ1) is 4.79. The highest BCUT2D eigenvalue weighted by Gasteiger charge is 2.54. The maximum absolute atomic E-state index is 10.2. The van der Waals surface area contributed by atoms with E-state index in [4.69, 9.17) is 9.84 Å². The molecule has 0 bridgehead atoms. The van der Waals surface area contributed by atoms with E-state index in [1.54, 1.807) is 0 Å². The number of aliphatic carboxylic acids is 1. The lowest BCUT2D eigenvalue weighted by atomic mass is 10.2. The van der Waals surface area contributed by atoms with Gasteiger partial charge in [-0.2, -0.15) is 0 Å². The molecular formula is C7H10O3. The topological polar surface area (TPSA) is 46.5 Å². The molecule has 0 aromatic heterocycles. The summed E-state index contributed by atoms with van der Waals surface area (Å²) in [4.78, 5) is 10.2. The highest BCUT2D eigenvalue weighted by Crippen LogP contribution is 2.50. The Labute approximate surface area is 59.0 Å². The first-order valence-electron chi connectivity index (χ1n) is 3.62. The van der Waals surface area contributed by atoms with E-state index in [0.29, 0.717) is 24.4 Å². The van der Waals surface area contributed by atoms with Gasteiger partial charge in [-0.15, -0.1) is 0 Å². The number of carboxylic acids is 1. The molecule has 56 valence electrons. The minimum atomic E-state index is -0.692. The van der Waals surface area contributed by atoms with Crippen LogP contribution in [0.3, 0.4) is 0 Å². The van der Waals surface area contributed by atoms with E-state index in [1.807, 2.05) is 0 Å². The average Bonchev–Trinajstić information content (AvgIpc) is 2.40. The van der Waals surface area contributed by atoms with Crippen molar-refractivity contribution < 1.29 is 14.6 Å². The first kappa shape index (κ1) is 6.16. The molecule has 0 amide bonds. The van der Waals surface area contributed by atoms with Crippen molar-refractivity contribution >= 4 is 5.97 Å². The molecule has 1 aliphatic carbocycles. The lowest BCUT2D eigenvalue weighted by Gasteiger charge is -1.97. The molecule has 0 spiro atoms. The van der Waals surface area contributed by atoms with Gasteiger partial charge in [0.1, 0.15) is 0 Å². The molecule has 1 saturated carbocycles. The summed E-state index contributed by atoms with van der Waals surface area (Å²) in [6.07, 6.45) is 1.67. The van der Waals surface area contributed by atoms with Gasteiger partial charge in [0.2, 0.25) is 0 Å². The lowest BCUT2D eigenvalue weighted by Crippen LogP contribution is -2.03. The van der Waals surface area contributed by atoms with Crippen LogP contribution in [-0.4, -0.2) is 23.8 Å². The third-order valence-corrected chi connectivity index (χ3v) is 2.42. The number of carboxylic acid groups (broad SMARTS) is 1. The Morgan fingerprint density at radius 2 is 2.50 bits per heavy atom. The summed E-state index contributed by atoms with van der Waals surface area (Å²) in [7, 11) is 0. The van der Waals surface area contributed by atoms with Crippen molar-refractivity contribution in [1.29, 1.82) is 0 Å². The Balaban J connectivity index is 1.84. The predicted molar refractivity (Wildman–Crippen MR) is 33.6 cm³/mol. The zero-order chi connectivity index (χ0) is 7.14. The molecule has 0 aromatic rings. The molecule has 3 nitrogen and oxygen atoms in total. The predicted octanol–water partition coefficient (Wildman–Crippen LogP) is 0.496. The van der Waals surface area contributed by atoms with Crippen molar-refractivity contribution in [3.63, 3.8) is 0 Å². The molecule has 1 N–H and O–H groups in total. The van der Waals surface area contributed by atoms with Crippen LogP contribution in [0, 0.1) is 11.8 Å². The molecule has 2 rings (SSSR count). The van der Waals surface area contributed by atoms with Gasteiger partial charge in [-0.1, -0.05) is 0 Å². The summed E-state index contributed by atoms with van der Waals surface area (Å²) in [5.74, 6) is 0.227. The van der Waals surface area contributed by atoms with E-state index in [9.17, 15) is 4.79 Å². The standard InChI is InChI=1S/C7H10O3/c8-6(9)3-5-4-1-2-10-7(4)5/h4-5,7H,1-3H2,(H,8,9)/t4-,5?,7-/m1/s1. The molecular weight excluding hydrogens is 132 g/mol. The van der Waals surface area contributed by atoms with Gasteiger partial charge in [0.15, 0.2) is 0 Å². The lowest BCUT2D eigenvalue weighted by molar-refractivity contribution is -0.137. The number of rotatable bonds is 2. The van der Waals surface area contributed by atoms with Gasteiger partial charge < -0.3 is 9.84 Å². The van der Waals surface area contributed by atoms with E-state index >= 15 is 0 Å². The molecule has 1 unspecified atom stereocenters. The fourth-order valence-electron chi connectivity index (χ4n) is 1.84. The minimum Gasteiger partial charge on any atom is -0.481 e. The van der Waals surface area contributed by atoms with Gasteiger partial charge in [0.25, 0.3) is 0 Å². The second kappa shape index (κ2) is 1.95. The molecule has 1 heterocycles. The fourth-order valence-corrected chi connectivity index (χ4v) is 1.84. The number of fused-ring (bicyclic) bond motifs is 1. The SMILES string of the molecule is O=C(O)CC1[C@H]2CCO[C@@H]12. The molecule has 1 aliphatic heterocycles. The Hall–Kier alpha value is -0.570. The van der Waals surface area contributed by atoms with Gasteiger partial charge in [-0.3, -0.25) is 4.79 Å². The Morgan fingerprint density at radius 1 is 1.70 bits per heavy atom. The quantitative estimate of drug-likeness (QED) is 0.610. The fraction of sp³-hybridized carbons (Fsp3) is 0.857. The molecule has 0 aromatic carbocycles. The van der Waals surface area contributed by atoms with E-state index in [0.717, 1.165) is 13.0 Å². The van der Waals surface area contributed by atoms with Gasteiger partial charge in [-0.25, -0.2) is 0 Å². The number of hydrogen-bond donors (Lipinski definition) is 1. The Morgan fingerprint density at radius 3 is 3.00 bits per heavy atom. The van der Waals surface area contributed by atoms with Crippen LogP contribution in [0.2, 0.25) is 0 Å². The highest BCUT2D eigenvalue weighted by atomic mass is 16.5. The van der Waals surface area contributed by atoms with E-state index < -0.39 is 5.97 Å². The molecule has 10 heavy (non-hydrogen) atoms. The third-order valence-electron chi connectivity index (χ3n) is 2.42. The van der Waals surface area contributed by atoms with Crippen LogP contribution in [-0.2, 0) is 9.53 Å². The minimum absolute atomic E-state index is 0.301. The Kier molecular flexibility index (Phi) is 1.20. The highest BCUT2D eigenvalue weighted by molar-refractivity contribution is 5.67. The van der Waals surface area contributed by atoms with Crippen molar-refractivity contribution in [2.24, 2.45) is 11.8 Å². The third kappa shape index (κ3) is 0.814. The number of carbonyl (C=O) groups is 1. The molecule has 2 aliphatic rings. The number of hydrogen-bond acceptors (Lipinski definition) is 2. The molecule has 3 atom stereocenters. The monoisotopic (exact) mass is 142 g/mol. The van der Waals surface area contributed by atoms with Crippen LogP contribution < -0.4 is 0 Å². The zero-order valence-electron chi connectivity index (χ0n) is 5.62. The van der Waals surface area contributed by atoms with Crippen molar-refractivity contribution in [3.05, 3.63) is 0 Å². The molecule has 2 fully saturated rings. The van der Waals surface area contributed by atoms with Crippen LogP contribution in [0.1, 0.15) is 12.8 Å². The van der Waals surface area contributed by atoms with Crippen LogP contribution in [0.15, 0.2) is 0 Å². The van der Waals surface area contributed by atoms with Crippen LogP contribution in [0.5, 0.6) is 0 Å². The van der Waals surface area contributed by atoms with Gasteiger partial charge in [-0.05, 0) is 12.3 Å². The van der Waals surface area contributed by atoms with Crippen molar-refractivity contribution in [2.45, 2.75) is 18.9 Å². The van der Waals surface area contributed by atoms with Crippen molar-refractivity contribution in [2.75, 3.05) is 6.61 Å². The maximum Gasteiger partial charge on any atom is 0.303 e. The summed E-state index contributed by atoms with van der Waals surface area (Å²) in [5, 5.41) is 8.42. The molecule has 3 heteroatoms. The summed E-state index contributed by atoms with van der Waals surface area (Å²) >= 11 is 0. The maximum atomic E-state index is 10.2. The van der Waals surface area contributed by atoms with Gasteiger partial charge in [0.05, 0.1) is 12.5 Å². The van der Waals surface area contributed by atoms with Crippen LogP contribution >= 0.6 is 0 Å². The van der Waals surface area contributed by atoms with Gasteiger partial charge >= 0.3 is 5.97 Å². The molecule has 1 saturated heterocycles. The first-order valence-corrected chi connectivity index (χ1v) is 3.62. The number of ether oxygens (including phenoxy) is 1. The zero-order valence-corrected chi connectivity index (χ0v) is 5.62. The molecule has 0 radical (unpaired) electrons. The second-order valence-electron chi connectivity index (χ2n) is 3.05. The average molecular weight is 142 g/mol. The van der Waals surface area contributed by atoms with Crippen LogP contribution in [0.4, 0.5) is 0 Å². The summed E-state index contributed by atoms with van der Waals surface area (Å²) in [6, 6.07) is 0. The largest absolute Gasteiger partial charge is 0.481 e. The Bertz CT molecular complexity index is 156. The van der Waals surface area contributed by atoms with E-state index in [1.165, 1.54) is 0 Å². The second-order valence-corrected chi connectivity index (χ2v) is 3.05. The summed E-state index contributed by atoms with van der Waals surface area (Å²) in [6.45, 7) is 0.839. The van der Waals surface area contributed by atoms with Crippen molar-refractivity contribution in [3.8, 4) is 0 Å².